The van der Waals surface area contributed by atoms with Crippen LogP contribution in [0, 0.1) is 11.8 Å². The highest BCUT2D eigenvalue weighted by Crippen LogP contribution is 2.41. The lowest BCUT2D eigenvalue weighted by molar-refractivity contribution is -0.126. The molecule has 1 aliphatic heterocycles. The Morgan fingerprint density at radius 1 is 1.16 bits per heavy atom. The van der Waals surface area contributed by atoms with Crippen LogP contribution in [0.1, 0.15) is 37.3 Å². The molecule has 1 saturated carbocycles. The SMILES string of the molecule is O=C(N[C@H](c1ccccc1)C1CC1)[C@H]1CCCN(c2cnccn2)C1. The first-order chi connectivity index (χ1) is 12.3. The first kappa shape index (κ1) is 16.1. The smallest absolute Gasteiger partial charge is 0.225 e. The van der Waals surface area contributed by atoms with Crippen molar-refractivity contribution in [3.05, 3.63) is 54.5 Å². The molecule has 1 aromatic carbocycles. The Morgan fingerprint density at radius 3 is 2.72 bits per heavy atom. The zero-order valence-corrected chi connectivity index (χ0v) is 14.3. The first-order valence-corrected chi connectivity index (χ1v) is 9.17. The Hall–Kier alpha value is -2.43. The summed E-state index contributed by atoms with van der Waals surface area (Å²) in [5, 5.41) is 3.34. The molecule has 1 amide bonds. The normalized spacial score (nSPS) is 21.6. The largest absolute Gasteiger partial charge is 0.355 e. The van der Waals surface area contributed by atoms with Crippen LogP contribution < -0.4 is 10.2 Å². The van der Waals surface area contributed by atoms with Gasteiger partial charge >= 0.3 is 0 Å². The van der Waals surface area contributed by atoms with E-state index in [0.717, 1.165) is 31.7 Å². The van der Waals surface area contributed by atoms with Crippen LogP contribution in [0.15, 0.2) is 48.9 Å². The second-order valence-corrected chi connectivity index (χ2v) is 7.08. The number of rotatable bonds is 5. The Bertz CT molecular complexity index is 702. The number of hydrogen-bond acceptors (Lipinski definition) is 4. The molecule has 4 rings (SSSR count). The molecule has 0 spiro atoms. The summed E-state index contributed by atoms with van der Waals surface area (Å²) in [6.07, 6.45) is 9.52. The summed E-state index contributed by atoms with van der Waals surface area (Å²) in [7, 11) is 0. The van der Waals surface area contributed by atoms with Gasteiger partial charge in [-0.05, 0) is 37.2 Å². The van der Waals surface area contributed by atoms with E-state index >= 15 is 0 Å². The summed E-state index contributed by atoms with van der Waals surface area (Å²) >= 11 is 0. The summed E-state index contributed by atoms with van der Waals surface area (Å²) in [6, 6.07) is 10.5. The van der Waals surface area contributed by atoms with E-state index in [1.807, 2.05) is 18.2 Å². The van der Waals surface area contributed by atoms with E-state index in [9.17, 15) is 4.79 Å². The predicted molar refractivity (Wildman–Crippen MR) is 97.0 cm³/mol. The van der Waals surface area contributed by atoms with Gasteiger partial charge in [0.1, 0.15) is 5.82 Å². The lowest BCUT2D eigenvalue weighted by Gasteiger charge is -2.33. The summed E-state index contributed by atoms with van der Waals surface area (Å²) in [5.41, 5.74) is 1.22. The van der Waals surface area contributed by atoms with Crippen LogP contribution in [0.5, 0.6) is 0 Å². The van der Waals surface area contributed by atoms with Gasteiger partial charge in [0.05, 0.1) is 18.2 Å². The fourth-order valence-electron chi connectivity index (χ4n) is 3.69. The van der Waals surface area contributed by atoms with Crippen molar-refractivity contribution in [2.45, 2.75) is 31.7 Å². The second kappa shape index (κ2) is 7.21. The van der Waals surface area contributed by atoms with Gasteiger partial charge in [0.15, 0.2) is 0 Å². The van der Waals surface area contributed by atoms with E-state index in [1.165, 1.54) is 18.4 Å². The maximum Gasteiger partial charge on any atom is 0.225 e. The Labute approximate surface area is 148 Å². The maximum absolute atomic E-state index is 12.9. The summed E-state index contributed by atoms with van der Waals surface area (Å²) in [5.74, 6) is 1.64. The van der Waals surface area contributed by atoms with E-state index in [2.05, 4.69) is 32.3 Å². The van der Waals surface area contributed by atoms with Gasteiger partial charge in [0, 0.05) is 25.5 Å². The molecular formula is C20H24N4O. The summed E-state index contributed by atoms with van der Waals surface area (Å²) in [4.78, 5) is 23.6. The fraction of sp³-hybridized carbons (Fsp3) is 0.450. The minimum absolute atomic E-state index is 0.0146. The number of carbonyl (C=O) groups is 1. The molecule has 2 aliphatic rings. The quantitative estimate of drug-likeness (QED) is 0.912. The number of aromatic nitrogens is 2. The van der Waals surface area contributed by atoms with Gasteiger partial charge in [-0.1, -0.05) is 30.3 Å². The van der Waals surface area contributed by atoms with Crippen LogP contribution in [0.25, 0.3) is 0 Å². The van der Waals surface area contributed by atoms with Crippen LogP contribution >= 0.6 is 0 Å². The molecule has 2 aromatic rings. The van der Waals surface area contributed by atoms with Gasteiger partial charge in [-0.3, -0.25) is 9.78 Å². The topological polar surface area (TPSA) is 58.1 Å². The third-order valence-corrected chi connectivity index (χ3v) is 5.22. The Morgan fingerprint density at radius 2 is 2.00 bits per heavy atom. The second-order valence-electron chi connectivity index (χ2n) is 7.08. The molecule has 1 aliphatic carbocycles. The minimum atomic E-state index is 0.0146. The number of anilines is 1. The monoisotopic (exact) mass is 336 g/mol. The molecule has 1 aromatic heterocycles. The van der Waals surface area contributed by atoms with Crippen molar-refractivity contribution in [1.29, 1.82) is 0 Å². The van der Waals surface area contributed by atoms with Crippen molar-refractivity contribution in [1.82, 2.24) is 15.3 Å². The van der Waals surface area contributed by atoms with Crippen molar-refractivity contribution in [3.8, 4) is 0 Å². The third-order valence-electron chi connectivity index (χ3n) is 5.22. The fourth-order valence-corrected chi connectivity index (χ4v) is 3.69. The van der Waals surface area contributed by atoms with Gasteiger partial charge in [-0.15, -0.1) is 0 Å². The summed E-state index contributed by atoms with van der Waals surface area (Å²) < 4.78 is 0. The van der Waals surface area contributed by atoms with Crippen LogP contribution in [0.3, 0.4) is 0 Å². The highest BCUT2D eigenvalue weighted by atomic mass is 16.2. The molecule has 0 radical (unpaired) electrons. The third kappa shape index (κ3) is 3.81. The Kier molecular flexibility index (Phi) is 4.63. The molecule has 2 fully saturated rings. The van der Waals surface area contributed by atoms with E-state index in [0.29, 0.717) is 5.92 Å². The van der Waals surface area contributed by atoms with Crippen molar-refractivity contribution in [2.75, 3.05) is 18.0 Å². The van der Waals surface area contributed by atoms with Crippen LogP contribution in [0.2, 0.25) is 0 Å². The van der Waals surface area contributed by atoms with E-state index < -0.39 is 0 Å². The molecule has 2 heterocycles. The molecule has 5 heteroatoms. The maximum atomic E-state index is 12.9. The van der Waals surface area contributed by atoms with Crippen LogP contribution in [-0.2, 0) is 4.79 Å². The van der Waals surface area contributed by atoms with Gasteiger partial charge in [0.25, 0.3) is 0 Å². The van der Waals surface area contributed by atoms with Crippen molar-refractivity contribution >= 4 is 11.7 Å². The zero-order valence-electron chi connectivity index (χ0n) is 14.3. The standard InChI is InChI=1S/C20H24N4O/c25-20(23-19(16-8-9-16)15-5-2-1-3-6-15)17-7-4-12-24(14-17)18-13-21-10-11-22-18/h1-3,5-6,10-11,13,16-17,19H,4,7-9,12,14H2,(H,23,25)/t17-,19+/m0/s1. The number of hydrogen-bond donors (Lipinski definition) is 1. The molecule has 1 N–H and O–H groups in total. The van der Waals surface area contributed by atoms with E-state index in [1.54, 1.807) is 18.6 Å². The van der Waals surface area contributed by atoms with E-state index in [-0.39, 0.29) is 17.9 Å². The first-order valence-electron chi connectivity index (χ1n) is 9.17. The summed E-state index contributed by atoms with van der Waals surface area (Å²) in [6.45, 7) is 1.66. The number of benzene rings is 1. The molecular weight excluding hydrogens is 312 g/mol. The van der Waals surface area contributed by atoms with Gasteiger partial charge in [-0.2, -0.15) is 0 Å². The lowest BCUT2D eigenvalue weighted by atomic mass is 9.95. The average Bonchev–Trinajstić information content (AvgIpc) is 3.52. The number of piperidine rings is 1. The zero-order chi connectivity index (χ0) is 17.1. The molecule has 0 unspecified atom stereocenters. The van der Waals surface area contributed by atoms with Crippen LogP contribution in [-0.4, -0.2) is 29.0 Å². The molecule has 130 valence electrons. The van der Waals surface area contributed by atoms with Crippen LogP contribution in [0.4, 0.5) is 5.82 Å². The molecule has 25 heavy (non-hydrogen) atoms. The molecule has 2 atom stereocenters. The van der Waals surface area contributed by atoms with Crippen molar-refractivity contribution in [2.24, 2.45) is 11.8 Å². The highest BCUT2D eigenvalue weighted by molar-refractivity contribution is 5.80. The molecule has 1 saturated heterocycles. The lowest BCUT2D eigenvalue weighted by Crippen LogP contribution is -2.44. The van der Waals surface area contributed by atoms with Gasteiger partial charge in [0.2, 0.25) is 5.91 Å². The average molecular weight is 336 g/mol. The number of amides is 1. The Balaban J connectivity index is 1.43. The van der Waals surface area contributed by atoms with E-state index in [4.69, 9.17) is 0 Å². The number of carbonyl (C=O) groups excluding carboxylic acids is 1. The predicted octanol–water partition coefficient (Wildman–Crippen LogP) is 2.96. The van der Waals surface area contributed by atoms with Crippen molar-refractivity contribution < 1.29 is 4.79 Å². The molecule has 0 bridgehead atoms. The number of nitrogens with one attached hydrogen (secondary N) is 1. The van der Waals surface area contributed by atoms with Gasteiger partial charge < -0.3 is 10.2 Å². The van der Waals surface area contributed by atoms with Gasteiger partial charge in [-0.25, -0.2) is 4.98 Å². The molecule has 5 nitrogen and oxygen atoms in total. The number of nitrogens with zero attached hydrogens (tertiary/aromatic N) is 3. The highest BCUT2D eigenvalue weighted by Gasteiger charge is 2.35. The minimum Gasteiger partial charge on any atom is -0.355 e. The van der Waals surface area contributed by atoms with Crippen molar-refractivity contribution in [3.63, 3.8) is 0 Å².